The predicted molar refractivity (Wildman–Crippen MR) is 90.2 cm³/mol. The standard InChI is InChI=1S/C17H19N5O2/c1-3-6-22-16(14(12-18)11-15-5-4-13(2)24-15)19-20-17(22)21-7-9-23-10-8-21/h3-5,11H,1,6-10H2,2H3. The molecule has 3 rings (SSSR count). The molecule has 2 aromatic heterocycles. The third-order valence-corrected chi connectivity index (χ3v) is 3.75. The maximum Gasteiger partial charge on any atom is 0.227 e. The fourth-order valence-corrected chi connectivity index (χ4v) is 2.61. The van der Waals surface area contributed by atoms with Gasteiger partial charge in [-0.25, -0.2) is 0 Å². The van der Waals surface area contributed by atoms with Crippen molar-refractivity contribution in [2.75, 3.05) is 31.2 Å². The van der Waals surface area contributed by atoms with Crippen LogP contribution in [0.2, 0.25) is 0 Å². The first-order chi connectivity index (χ1) is 11.7. The van der Waals surface area contributed by atoms with Gasteiger partial charge in [0.25, 0.3) is 0 Å². The molecule has 1 aliphatic heterocycles. The Kier molecular flexibility index (Phi) is 4.77. The minimum absolute atomic E-state index is 0.401. The van der Waals surface area contributed by atoms with Crippen LogP contribution in [0.5, 0.6) is 0 Å². The molecule has 0 atom stereocenters. The molecule has 0 bridgehead atoms. The molecule has 124 valence electrons. The van der Waals surface area contributed by atoms with Crippen LogP contribution in [0.15, 0.2) is 29.2 Å². The van der Waals surface area contributed by atoms with Crippen LogP contribution >= 0.6 is 0 Å². The van der Waals surface area contributed by atoms with Crippen LogP contribution in [-0.2, 0) is 11.3 Å². The molecule has 1 saturated heterocycles. The van der Waals surface area contributed by atoms with Gasteiger partial charge in [-0.15, -0.1) is 16.8 Å². The van der Waals surface area contributed by atoms with E-state index >= 15 is 0 Å². The summed E-state index contributed by atoms with van der Waals surface area (Å²) >= 11 is 0. The molecule has 0 N–H and O–H groups in total. The third kappa shape index (κ3) is 3.24. The van der Waals surface area contributed by atoms with E-state index in [2.05, 4.69) is 27.7 Å². The number of nitriles is 1. The number of hydrogen-bond acceptors (Lipinski definition) is 6. The van der Waals surface area contributed by atoms with Crippen LogP contribution < -0.4 is 4.90 Å². The van der Waals surface area contributed by atoms with Crippen molar-refractivity contribution in [1.29, 1.82) is 5.26 Å². The molecular weight excluding hydrogens is 306 g/mol. The van der Waals surface area contributed by atoms with Crippen LogP contribution in [-0.4, -0.2) is 41.1 Å². The first-order valence-corrected chi connectivity index (χ1v) is 7.78. The molecule has 1 fully saturated rings. The van der Waals surface area contributed by atoms with E-state index in [9.17, 15) is 5.26 Å². The number of nitrogens with zero attached hydrogens (tertiary/aromatic N) is 5. The second-order valence-corrected chi connectivity index (χ2v) is 5.44. The SMILES string of the molecule is C=CCn1c(C(C#N)=Cc2ccc(C)o2)nnc1N1CCOCC1. The molecule has 0 aromatic carbocycles. The third-order valence-electron chi connectivity index (χ3n) is 3.75. The number of ether oxygens (including phenoxy) is 1. The van der Waals surface area contributed by atoms with Gasteiger partial charge in [0.2, 0.25) is 5.95 Å². The van der Waals surface area contributed by atoms with Crippen LogP contribution in [0.4, 0.5) is 5.95 Å². The van der Waals surface area contributed by atoms with E-state index in [1.807, 2.05) is 23.6 Å². The number of morpholine rings is 1. The topological polar surface area (TPSA) is 80.1 Å². The highest BCUT2D eigenvalue weighted by molar-refractivity contribution is 5.86. The van der Waals surface area contributed by atoms with E-state index in [0.717, 1.165) is 24.8 Å². The number of furan rings is 1. The molecule has 0 saturated carbocycles. The zero-order valence-corrected chi connectivity index (χ0v) is 13.6. The van der Waals surface area contributed by atoms with Crippen molar-refractivity contribution < 1.29 is 9.15 Å². The summed E-state index contributed by atoms with van der Waals surface area (Å²) in [6, 6.07) is 5.87. The summed E-state index contributed by atoms with van der Waals surface area (Å²) in [4.78, 5) is 2.11. The Morgan fingerprint density at radius 2 is 2.17 bits per heavy atom. The number of rotatable bonds is 5. The summed E-state index contributed by atoms with van der Waals surface area (Å²) in [5.74, 6) is 2.64. The van der Waals surface area contributed by atoms with Crippen molar-refractivity contribution in [2.45, 2.75) is 13.5 Å². The Morgan fingerprint density at radius 3 is 2.79 bits per heavy atom. The van der Waals surface area contributed by atoms with Gasteiger partial charge in [-0.2, -0.15) is 5.26 Å². The van der Waals surface area contributed by atoms with Gasteiger partial charge in [-0.05, 0) is 19.1 Å². The zero-order valence-electron chi connectivity index (χ0n) is 13.6. The van der Waals surface area contributed by atoms with Crippen molar-refractivity contribution in [3.63, 3.8) is 0 Å². The van der Waals surface area contributed by atoms with E-state index in [-0.39, 0.29) is 0 Å². The maximum atomic E-state index is 9.56. The van der Waals surface area contributed by atoms with E-state index < -0.39 is 0 Å². The Bertz CT molecular complexity index is 790. The van der Waals surface area contributed by atoms with Crippen molar-refractivity contribution in [3.05, 3.63) is 42.1 Å². The van der Waals surface area contributed by atoms with Gasteiger partial charge in [0.1, 0.15) is 23.2 Å². The molecular formula is C17H19N5O2. The first-order valence-electron chi connectivity index (χ1n) is 7.78. The van der Waals surface area contributed by atoms with Gasteiger partial charge in [-0.3, -0.25) is 4.57 Å². The van der Waals surface area contributed by atoms with Crippen LogP contribution in [0.1, 0.15) is 17.3 Å². The molecule has 2 aromatic rings. The van der Waals surface area contributed by atoms with Crippen molar-refractivity contribution in [3.8, 4) is 6.07 Å². The lowest BCUT2D eigenvalue weighted by molar-refractivity contribution is 0.121. The number of allylic oxidation sites excluding steroid dienone is 2. The summed E-state index contributed by atoms with van der Waals surface area (Å²) < 4.78 is 12.8. The van der Waals surface area contributed by atoms with Crippen molar-refractivity contribution in [1.82, 2.24) is 14.8 Å². The van der Waals surface area contributed by atoms with E-state index in [1.54, 1.807) is 12.2 Å². The van der Waals surface area contributed by atoms with Gasteiger partial charge < -0.3 is 14.1 Å². The minimum atomic E-state index is 0.401. The fraction of sp³-hybridized carbons (Fsp3) is 0.353. The van der Waals surface area contributed by atoms with Crippen molar-refractivity contribution in [2.24, 2.45) is 0 Å². The van der Waals surface area contributed by atoms with Crippen LogP contribution in [0.25, 0.3) is 11.6 Å². The van der Waals surface area contributed by atoms with E-state index in [4.69, 9.17) is 9.15 Å². The second kappa shape index (κ2) is 7.15. The summed E-state index contributed by atoms with van der Waals surface area (Å²) in [5.41, 5.74) is 0.401. The average molecular weight is 325 g/mol. The molecule has 7 nitrogen and oxygen atoms in total. The summed E-state index contributed by atoms with van der Waals surface area (Å²) in [6.45, 7) is 8.98. The molecule has 0 amide bonds. The number of anilines is 1. The highest BCUT2D eigenvalue weighted by atomic mass is 16.5. The number of hydrogen-bond donors (Lipinski definition) is 0. The lowest BCUT2D eigenvalue weighted by Crippen LogP contribution is -2.38. The van der Waals surface area contributed by atoms with E-state index in [1.165, 1.54) is 0 Å². The normalized spacial score (nSPS) is 15.3. The lowest BCUT2D eigenvalue weighted by atomic mass is 10.2. The Balaban J connectivity index is 1.99. The van der Waals surface area contributed by atoms with Gasteiger partial charge in [0.05, 0.1) is 13.2 Å². The predicted octanol–water partition coefficient (Wildman–Crippen LogP) is 2.27. The zero-order chi connectivity index (χ0) is 16.9. The van der Waals surface area contributed by atoms with Gasteiger partial charge in [-0.1, -0.05) is 6.08 Å². The smallest absolute Gasteiger partial charge is 0.227 e. The first kappa shape index (κ1) is 16.0. The van der Waals surface area contributed by atoms with Crippen LogP contribution in [0.3, 0.4) is 0 Å². The Morgan fingerprint density at radius 1 is 1.38 bits per heavy atom. The summed E-state index contributed by atoms with van der Waals surface area (Å²) in [7, 11) is 0. The molecule has 24 heavy (non-hydrogen) atoms. The average Bonchev–Trinajstić information content (AvgIpc) is 3.20. The van der Waals surface area contributed by atoms with Gasteiger partial charge in [0.15, 0.2) is 5.82 Å². The summed E-state index contributed by atoms with van der Waals surface area (Å²) in [6.07, 6.45) is 3.45. The molecule has 7 heteroatoms. The molecule has 0 spiro atoms. The quantitative estimate of drug-likeness (QED) is 0.620. The monoisotopic (exact) mass is 325 g/mol. The van der Waals surface area contributed by atoms with Crippen molar-refractivity contribution >= 4 is 17.6 Å². The number of aryl methyl sites for hydroxylation is 1. The maximum absolute atomic E-state index is 9.56. The Hall–Kier alpha value is -2.85. The molecule has 0 radical (unpaired) electrons. The van der Waals surface area contributed by atoms with Gasteiger partial charge >= 0.3 is 0 Å². The largest absolute Gasteiger partial charge is 0.462 e. The highest BCUT2D eigenvalue weighted by Crippen LogP contribution is 2.22. The second-order valence-electron chi connectivity index (χ2n) is 5.44. The minimum Gasteiger partial charge on any atom is -0.462 e. The highest BCUT2D eigenvalue weighted by Gasteiger charge is 2.21. The Labute approximate surface area is 140 Å². The fourth-order valence-electron chi connectivity index (χ4n) is 2.61. The van der Waals surface area contributed by atoms with Crippen LogP contribution in [0, 0.1) is 18.3 Å². The summed E-state index contributed by atoms with van der Waals surface area (Å²) in [5, 5.41) is 18.1. The lowest BCUT2D eigenvalue weighted by Gasteiger charge is -2.27. The molecule has 1 aliphatic rings. The molecule has 0 unspecified atom stereocenters. The number of aromatic nitrogens is 3. The molecule has 0 aliphatic carbocycles. The molecule has 3 heterocycles. The van der Waals surface area contributed by atoms with Gasteiger partial charge in [0, 0.05) is 25.7 Å². The van der Waals surface area contributed by atoms with E-state index in [0.29, 0.717) is 36.9 Å².